The molecule has 0 amide bonds. The highest BCUT2D eigenvalue weighted by Gasteiger charge is 2.27. The quantitative estimate of drug-likeness (QED) is 0.595. The monoisotopic (exact) mass is 449 g/mol. The fraction of sp³-hybridized carbons (Fsp3) is 0.500. The molecule has 0 radical (unpaired) electrons. The molecular formula is C24H31N7O2. The molecule has 0 N–H and O–H groups in total. The van der Waals surface area contributed by atoms with Crippen molar-refractivity contribution in [2.24, 2.45) is 12.1 Å². The summed E-state index contributed by atoms with van der Waals surface area (Å²) in [5.74, 6) is 0.633. The Bertz CT molecular complexity index is 1340. The van der Waals surface area contributed by atoms with Crippen molar-refractivity contribution in [2.45, 2.75) is 46.2 Å². The molecule has 5 rings (SSSR count). The minimum Gasteiger partial charge on any atom is -0.301 e. The molecular weight excluding hydrogens is 418 g/mol. The van der Waals surface area contributed by atoms with Gasteiger partial charge in [0.05, 0.1) is 25.3 Å². The summed E-state index contributed by atoms with van der Waals surface area (Å²) in [5.41, 5.74) is 3.12. The van der Waals surface area contributed by atoms with Gasteiger partial charge in [-0.3, -0.25) is 18.5 Å². The minimum atomic E-state index is -0.358. The highest BCUT2D eigenvalue weighted by molar-refractivity contribution is 5.87. The van der Waals surface area contributed by atoms with Crippen molar-refractivity contribution in [2.75, 3.05) is 31.2 Å². The lowest BCUT2D eigenvalue weighted by Gasteiger charge is -2.30. The van der Waals surface area contributed by atoms with Gasteiger partial charge in [0.15, 0.2) is 11.2 Å². The van der Waals surface area contributed by atoms with Gasteiger partial charge in [-0.25, -0.2) is 9.80 Å². The lowest BCUT2D eigenvalue weighted by Crippen LogP contribution is -2.41. The fourth-order valence-electron chi connectivity index (χ4n) is 4.88. The average molecular weight is 450 g/mol. The molecule has 0 saturated carbocycles. The molecule has 3 aromatic rings. The van der Waals surface area contributed by atoms with Crippen LogP contribution < -0.4 is 16.3 Å². The second-order valence-electron chi connectivity index (χ2n) is 9.19. The van der Waals surface area contributed by atoms with Crippen LogP contribution in [0.25, 0.3) is 11.2 Å². The standard InChI is InChI=1S/C24H31N7O2/c1-17-9-5-6-10-19(17)16-30-22(32)20-21(27(3)24(30)33)25-23-29(20)15-18(2)26-31(23)14-13-28-11-7-4-8-12-28/h5-6,9-10H,4,7-8,11-16H2,1-3H3. The summed E-state index contributed by atoms with van der Waals surface area (Å²) in [5, 5.41) is 6.62. The number of anilines is 1. The van der Waals surface area contributed by atoms with Gasteiger partial charge in [0.2, 0.25) is 5.95 Å². The topological polar surface area (TPSA) is 80.7 Å². The number of imidazole rings is 1. The fourth-order valence-corrected chi connectivity index (χ4v) is 4.88. The van der Waals surface area contributed by atoms with Crippen molar-refractivity contribution >= 4 is 22.8 Å². The van der Waals surface area contributed by atoms with Crippen molar-refractivity contribution in [3.05, 3.63) is 56.2 Å². The second kappa shape index (κ2) is 8.62. The van der Waals surface area contributed by atoms with E-state index in [1.807, 2.05) is 47.7 Å². The summed E-state index contributed by atoms with van der Waals surface area (Å²) in [7, 11) is 1.68. The van der Waals surface area contributed by atoms with Crippen molar-refractivity contribution in [1.29, 1.82) is 0 Å². The van der Waals surface area contributed by atoms with Crippen LogP contribution in [-0.2, 0) is 20.1 Å². The third kappa shape index (κ3) is 3.90. The summed E-state index contributed by atoms with van der Waals surface area (Å²) in [6.07, 6.45) is 3.78. The zero-order valence-corrected chi connectivity index (χ0v) is 19.6. The molecule has 33 heavy (non-hydrogen) atoms. The van der Waals surface area contributed by atoms with E-state index in [0.29, 0.717) is 30.2 Å². The molecule has 0 unspecified atom stereocenters. The Balaban J connectivity index is 1.56. The van der Waals surface area contributed by atoms with Crippen LogP contribution in [0.4, 0.5) is 5.95 Å². The lowest BCUT2D eigenvalue weighted by atomic mass is 10.1. The van der Waals surface area contributed by atoms with Crippen LogP contribution >= 0.6 is 0 Å². The number of rotatable bonds is 5. The van der Waals surface area contributed by atoms with Crippen molar-refractivity contribution in [3.63, 3.8) is 0 Å². The molecule has 1 fully saturated rings. The molecule has 0 aliphatic carbocycles. The van der Waals surface area contributed by atoms with Gasteiger partial charge in [-0.05, 0) is 50.9 Å². The van der Waals surface area contributed by atoms with Gasteiger partial charge in [-0.1, -0.05) is 30.7 Å². The Morgan fingerprint density at radius 2 is 1.76 bits per heavy atom. The molecule has 9 heteroatoms. The maximum absolute atomic E-state index is 13.6. The maximum atomic E-state index is 13.6. The smallest absolute Gasteiger partial charge is 0.301 e. The first-order valence-electron chi connectivity index (χ1n) is 11.7. The van der Waals surface area contributed by atoms with Crippen molar-refractivity contribution in [1.82, 2.24) is 23.6 Å². The molecule has 1 aromatic carbocycles. The summed E-state index contributed by atoms with van der Waals surface area (Å²) in [6, 6.07) is 7.83. The van der Waals surface area contributed by atoms with Crippen LogP contribution in [0.1, 0.15) is 37.3 Å². The summed E-state index contributed by atoms with van der Waals surface area (Å²) in [6.45, 7) is 8.52. The molecule has 0 spiro atoms. The highest BCUT2D eigenvalue weighted by atomic mass is 16.2. The number of benzene rings is 1. The minimum absolute atomic E-state index is 0.236. The van der Waals surface area contributed by atoms with E-state index < -0.39 is 0 Å². The maximum Gasteiger partial charge on any atom is 0.332 e. The second-order valence-corrected chi connectivity index (χ2v) is 9.19. The van der Waals surface area contributed by atoms with Gasteiger partial charge in [0.25, 0.3) is 5.56 Å². The molecule has 0 bridgehead atoms. The zero-order chi connectivity index (χ0) is 23.1. The van der Waals surface area contributed by atoms with E-state index in [-0.39, 0.29) is 17.8 Å². The number of aryl methyl sites for hydroxylation is 2. The molecule has 4 heterocycles. The summed E-state index contributed by atoms with van der Waals surface area (Å²) < 4.78 is 4.72. The van der Waals surface area contributed by atoms with Gasteiger partial charge >= 0.3 is 5.69 Å². The van der Waals surface area contributed by atoms with E-state index in [4.69, 9.17) is 10.1 Å². The molecule has 2 aliphatic rings. The number of hydrogen-bond acceptors (Lipinski definition) is 6. The molecule has 0 atom stereocenters. The van der Waals surface area contributed by atoms with Crippen molar-refractivity contribution < 1.29 is 0 Å². The number of nitrogens with zero attached hydrogens (tertiary/aromatic N) is 7. The molecule has 9 nitrogen and oxygen atoms in total. The Hall–Kier alpha value is -3.20. The first-order chi connectivity index (χ1) is 15.9. The largest absolute Gasteiger partial charge is 0.332 e. The number of hydrogen-bond donors (Lipinski definition) is 0. The van der Waals surface area contributed by atoms with E-state index in [2.05, 4.69) is 4.90 Å². The van der Waals surface area contributed by atoms with E-state index in [1.165, 1.54) is 28.4 Å². The first-order valence-corrected chi connectivity index (χ1v) is 11.7. The Morgan fingerprint density at radius 3 is 2.52 bits per heavy atom. The SMILES string of the molecule is CC1=NN(CCN2CCCCC2)c2nc3c(c(=O)n(Cc4ccccc4C)c(=O)n3C)n2C1. The van der Waals surface area contributed by atoms with Gasteiger partial charge in [0, 0.05) is 13.6 Å². The Morgan fingerprint density at radius 1 is 1.00 bits per heavy atom. The van der Waals surface area contributed by atoms with Crippen LogP contribution in [0.15, 0.2) is 39.0 Å². The normalized spacial score (nSPS) is 16.8. The Labute approximate surface area is 192 Å². The van der Waals surface area contributed by atoms with Crippen LogP contribution in [0.3, 0.4) is 0 Å². The van der Waals surface area contributed by atoms with Crippen LogP contribution in [-0.4, -0.2) is 55.5 Å². The van der Waals surface area contributed by atoms with Gasteiger partial charge in [-0.2, -0.15) is 10.1 Å². The highest BCUT2D eigenvalue weighted by Crippen LogP contribution is 2.24. The van der Waals surface area contributed by atoms with Crippen LogP contribution in [0.5, 0.6) is 0 Å². The number of likely N-dealkylation sites (tertiary alicyclic amines) is 1. The molecule has 1 saturated heterocycles. The first kappa shape index (κ1) is 21.6. The molecule has 2 aliphatic heterocycles. The third-order valence-corrected chi connectivity index (χ3v) is 6.79. The lowest BCUT2D eigenvalue weighted by molar-refractivity contribution is 0.233. The summed E-state index contributed by atoms with van der Waals surface area (Å²) in [4.78, 5) is 33.9. The number of piperidine rings is 1. The predicted octanol–water partition coefficient (Wildman–Crippen LogP) is 1.94. The average Bonchev–Trinajstić information content (AvgIpc) is 3.20. The van der Waals surface area contributed by atoms with Crippen LogP contribution in [0.2, 0.25) is 0 Å². The van der Waals surface area contributed by atoms with E-state index in [9.17, 15) is 9.59 Å². The number of aromatic nitrogens is 4. The van der Waals surface area contributed by atoms with Crippen LogP contribution in [0, 0.1) is 6.92 Å². The number of fused-ring (bicyclic) bond motifs is 3. The zero-order valence-electron chi connectivity index (χ0n) is 19.6. The molecule has 2 aromatic heterocycles. The van der Waals surface area contributed by atoms with E-state index in [0.717, 1.165) is 36.5 Å². The predicted molar refractivity (Wildman–Crippen MR) is 130 cm³/mol. The van der Waals surface area contributed by atoms with E-state index >= 15 is 0 Å². The van der Waals surface area contributed by atoms with E-state index in [1.54, 1.807) is 7.05 Å². The Kier molecular flexibility index (Phi) is 5.65. The third-order valence-electron chi connectivity index (χ3n) is 6.79. The van der Waals surface area contributed by atoms with Gasteiger partial charge in [0.1, 0.15) is 0 Å². The molecule has 174 valence electrons. The van der Waals surface area contributed by atoms with Crippen molar-refractivity contribution in [3.8, 4) is 0 Å². The number of hydrazone groups is 1. The van der Waals surface area contributed by atoms with Gasteiger partial charge < -0.3 is 4.90 Å². The summed E-state index contributed by atoms with van der Waals surface area (Å²) >= 11 is 0. The van der Waals surface area contributed by atoms with Gasteiger partial charge in [-0.15, -0.1) is 0 Å².